The topological polar surface area (TPSA) is 83.5 Å². The van der Waals surface area contributed by atoms with E-state index in [0.29, 0.717) is 23.7 Å². The van der Waals surface area contributed by atoms with E-state index in [9.17, 15) is 13.2 Å². The van der Waals surface area contributed by atoms with E-state index < -0.39 is 21.9 Å². The zero-order valence-corrected chi connectivity index (χ0v) is 12.4. The number of carbonyl (C=O) groups is 1. The molecule has 0 heterocycles. The lowest BCUT2D eigenvalue weighted by Crippen LogP contribution is -2.33. The number of hydrogen-bond acceptors (Lipinski definition) is 3. The zero-order valence-electron chi connectivity index (χ0n) is 10.0. The molecule has 0 aliphatic heterocycles. The molecule has 1 aliphatic carbocycles. The molecule has 104 valence electrons. The highest BCUT2D eigenvalue weighted by Crippen LogP contribution is 2.27. The van der Waals surface area contributed by atoms with Gasteiger partial charge >= 0.3 is 5.97 Å². The minimum atomic E-state index is -3.59. The van der Waals surface area contributed by atoms with E-state index in [2.05, 4.69) is 20.7 Å². The molecule has 2 atom stereocenters. The largest absolute Gasteiger partial charge is 0.481 e. The van der Waals surface area contributed by atoms with Gasteiger partial charge in [-0.25, -0.2) is 13.1 Å². The third-order valence-electron chi connectivity index (χ3n) is 3.21. The van der Waals surface area contributed by atoms with E-state index in [1.165, 1.54) is 12.1 Å². The van der Waals surface area contributed by atoms with Gasteiger partial charge in [0.1, 0.15) is 0 Å². The smallest absolute Gasteiger partial charge is 0.306 e. The monoisotopic (exact) mass is 347 g/mol. The molecule has 1 fully saturated rings. The number of hydrogen-bond donors (Lipinski definition) is 2. The van der Waals surface area contributed by atoms with Gasteiger partial charge in [0.05, 0.1) is 10.8 Å². The molecule has 0 radical (unpaired) electrons. The van der Waals surface area contributed by atoms with Gasteiger partial charge in [-0.2, -0.15) is 0 Å². The Balaban J connectivity index is 2.09. The molecular weight excluding hydrogens is 334 g/mol. The second-order valence-corrected chi connectivity index (χ2v) is 7.25. The van der Waals surface area contributed by atoms with E-state index in [1.54, 1.807) is 12.1 Å². The van der Waals surface area contributed by atoms with Crippen LogP contribution in [0.4, 0.5) is 0 Å². The summed E-state index contributed by atoms with van der Waals surface area (Å²) in [5.41, 5.74) is 0. The molecule has 1 aliphatic rings. The standard InChI is InChI=1S/C12H14BrNO4S/c13-9-2-1-3-11(7-9)19(17,18)14-10-5-4-8(6-10)12(15)16/h1-3,7-8,10,14H,4-6H2,(H,15,16). The summed E-state index contributed by atoms with van der Waals surface area (Å²) in [6.07, 6.45) is 1.42. The molecule has 1 aromatic rings. The normalized spacial score (nSPS) is 23.4. The molecule has 2 N–H and O–H groups in total. The average molecular weight is 348 g/mol. The first-order valence-corrected chi connectivity index (χ1v) is 8.17. The molecular formula is C12H14BrNO4S. The second-order valence-electron chi connectivity index (χ2n) is 4.62. The summed E-state index contributed by atoms with van der Waals surface area (Å²) in [5, 5.41) is 8.90. The van der Waals surface area contributed by atoms with Crippen LogP contribution in [0.1, 0.15) is 19.3 Å². The minimum Gasteiger partial charge on any atom is -0.481 e. The van der Waals surface area contributed by atoms with Crippen molar-refractivity contribution in [1.82, 2.24) is 4.72 Å². The van der Waals surface area contributed by atoms with Gasteiger partial charge in [-0.1, -0.05) is 22.0 Å². The van der Waals surface area contributed by atoms with Crippen molar-refractivity contribution in [2.24, 2.45) is 5.92 Å². The Bertz CT molecular complexity index is 587. The van der Waals surface area contributed by atoms with Crippen molar-refractivity contribution in [3.8, 4) is 0 Å². The lowest BCUT2D eigenvalue weighted by molar-refractivity contribution is -0.141. The summed E-state index contributed by atoms with van der Waals surface area (Å²) in [6, 6.07) is 6.12. The number of halogens is 1. The Labute approximate surface area is 120 Å². The summed E-state index contributed by atoms with van der Waals surface area (Å²) in [6.45, 7) is 0. The predicted octanol–water partition coefficient (Wildman–Crippen LogP) is 1.98. The molecule has 7 heteroatoms. The number of rotatable bonds is 4. The van der Waals surface area contributed by atoms with Crippen LogP contribution >= 0.6 is 15.9 Å². The fourth-order valence-electron chi connectivity index (χ4n) is 2.23. The number of benzene rings is 1. The van der Waals surface area contributed by atoms with Crippen LogP contribution < -0.4 is 4.72 Å². The van der Waals surface area contributed by atoms with Gasteiger partial charge in [-0.05, 0) is 37.5 Å². The molecule has 19 heavy (non-hydrogen) atoms. The molecule has 0 bridgehead atoms. The first-order chi connectivity index (χ1) is 8.88. The molecule has 1 aromatic carbocycles. The highest BCUT2D eigenvalue weighted by atomic mass is 79.9. The molecule has 0 amide bonds. The minimum absolute atomic E-state index is 0.181. The Morgan fingerprint density at radius 1 is 1.37 bits per heavy atom. The van der Waals surface area contributed by atoms with Gasteiger partial charge in [0.15, 0.2) is 0 Å². The van der Waals surface area contributed by atoms with Crippen molar-refractivity contribution in [3.63, 3.8) is 0 Å². The first-order valence-electron chi connectivity index (χ1n) is 5.89. The maximum atomic E-state index is 12.1. The zero-order chi connectivity index (χ0) is 14.0. The van der Waals surface area contributed by atoms with Crippen LogP contribution in [0.5, 0.6) is 0 Å². The fraction of sp³-hybridized carbons (Fsp3) is 0.417. The second kappa shape index (κ2) is 5.60. The number of aliphatic carboxylic acids is 1. The summed E-state index contributed by atoms with van der Waals surface area (Å²) < 4.78 is 27.5. The van der Waals surface area contributed by atoms with Crippen LogP contribution in [-0.4, -0.2) is 25.5 Å². The van der Waals surface area contributed by atoms with Crippen LogP contribution in [0.2, 0.25) is 0 Å². The number of nitrogens with one attached hydrogen (secondary N) is 1. The lowest BCUT2D eigenvalue weighted by Gasteiger charge is -2.13. The Hall–Kier alpha value is -0.920. The first kappa shape index (κ1) is 14.5. The van der Waals surface area contributed by atoms with E-state index in [-0.39, 0.29) is 10.9 Å². The van der Waals surface area contributed by atoms with Crippen molar-refractivity contribution in [2.45, 2.75) is 30.2 Å². The molecule has 2 unspecified atom stereocenters. The van der Waals surface area contributed by atoms with Crippen molar-refractivity contribution < 1.29 is 18.3 Å². The quantitative estimate of drug-likeness (QED) is 0.872. The van der Waals surface area contributed by atoms with Gasteiger partial charge in [0.25, 0.3) is 0 Å². The Kier molecular flexibility index (Phi) is 4.27. The highest BCUT2D eigenvalue weighted by Gasteiger charge is 2.32. The molecule has 1 saturated carbocycles. The van der Waals surface area contributed by atoms with Crippen LogP contribution in [0, 0.1) is 5.92 Å². The van der Waals surface area contributed by atoms with Crippen molar-refractivity contribution in [1.29, 1.82) is 0 Å². The summed E-state index contributed by atoms with van der Waals surface area (Å²) in [4.78, 5) is 11.0. The summed E-state index contributed by atoms with van der Waals surface area (Å²) in [5.74, 6) is -1.31. The van der Waals surface area contributed by atoms with Gasteiger partial charge in [0.2, 0.25) is 10.0 Å². The van der Waals surface area contributed by atoms with Crippen LogP contribution in [-0.2, 0) is 14.8 Å². The van der Waals surface area contributed by atoms with Crippen LogP contribution in [0.3, 0.4) is 0 Å². The van der Waals surface area contributed by atoms with Crippen molar-refractivity contribution in [2.75, 3.05) is 0 Å². The number of carboxylic acid groups (broad SMARTS) is 1. The summed E-state index contributed by atoms with van der Waals surface area (Å²) in [7, 11) is -3.59. The van der Waals surface area contributed by atoms with Crippen LogP contribution in [0.25, 0.3) is 0 Å². The number of carboxylic acids is 1. The Morgan fingerprint density at radius 3 is 2.68 bits per heavy atom. The maximum Gasteiger partial charge on any atom is 0.306 e. The average Bonchev–Trinajstić information content (AvgIpc) is 2.77. The van der Waals surface area contributed by atoms with Gasteiger partial charge < -0.3 is 5.11 Å². The third kappa shape index (κ3) is 3.55. The van der Waals surface area contributed by atoms with Gasteiger partial charge in [0, 0.05) is 10.5 Å². The molecule has 5 nitrogen and oxygen atoms in total. The van der Waals surface area contributed by atoms with E-state index in [4.69, 9.17) is 5.11 Å². The third-order valence-corrected chi connectivity index (χ3v) is 5.22. The maximum absolute atomic E-state index is 12.1. The SMILES string of the molecule is O=C(O)C1CCC(NS(=O)(=O)c2cccc(Br)c2)C1. The van der Waals surface area contributed by atoms with E-state index >= 15 is 0 Å². The van der Waals surface area contributed by atoms with E-state index in [1.807, 2.05) is 0 Å². The lowest BCUT2D eigenvalue weighted by atomic mass is 10.1. The summed E-state index contributed by atoms with van der Waals surface area (Å²) >= 11 is 3.23. The molecule has 0 aromatic heterocycles. The molecule has 0 spiro atoms. The Morgan fingerprint density at radius 2 is 2.11 bits per heavy atom. The molecule has 2 rings (SSSR count). The van der Waals surface area contributed by atoms with E-state index in [0.717, 1.165) is 0 Å². The van der Waals surface area contributed by atoms with Crippen molar-refractivity contribution in [3.05, 3.63) is 28.7 Å². The number of sulfonamides is 1. The van der Waals surface area contributed by atoms with Crippen LogP contribution in [0.15, 0.2) is 33.6 Å². The fourth-order valence-corrected chi connectivity index (χ4v) is 4.11. The highest BCUT2D eigenvalue weighted by molar-refractivity contribution is 9.10. The van der Waals surface area contributed by atoms with Gasteiger partial charge in [-0.15, -0.1) is 0 Å². The van der Waals surface area contributed by atoms with Gasteiger partial charge in [-0.3, -0.25) is 4.79 Å². The van der Waals surface area contributed by atoms with Crippen molar-refractivity contribution >= 4 is 31.9 Å². The predicted molar refractivity (Wildman–Crippen MR) is 73.2 cm³/mol. The molecule has 0 saturated heterocycles.